The maximum Gasteiger partial charge on any atom is 0.317 e. The second-order valence-corrected chi connectivity index (χ2v) is 18.1. The summed E-state index contributed by atoms with van der Waals surface area (Å²) in [6.45, 7) is 19.8. The number of esters is 1. The molecule has 0 aromatic heterocycles. The summed E-state index contributed by atoms with van der Waals surface area (Å²) < 4.78 is 12.1. The van der Waals surface area contributed by atoms with Crippen LogP contribution in [0.3, 0.4) is 0 Å². The first-order valence-corrected chi connectivity index (χ1v) is 18.5. The number of benzene rings is 1. The van der Waals surface area contributed by atoms with Gasteiger partial charge in [0.1, 0.15) is 0 Å². The van der Waals surface area contributed by atoms with Gasteiger partial charge < -0.3 is 14.6 Å². The van der Waals surface area contributed by atoms with E-state index in [0.717, 1.165) is 44.9 Å². The summed E-state index contributed by atoms with van der Waals surface area (Å²) in [5, 5.41) is 11.0. The minimum Gasteiger partial charge on any atom is -0.490 e. The number of ether oxygens (including phenoxy) is 2. The molecule has 9 atom stereocenters. The Morgan fingerprint density at radius 3 is 2.35 bits per heavy atom. The van der Waals surface area contributed by atoms with Gasteiger partial charge in [0.25, 0.3) is 0 Å². The van der Waals surface area contributed by atoms with Crippen molar-refractivity contribution >= 4 is 23.6 Å². The summed E-state index contributed by atoms with van der Waals surface area (Å²) in [6.07, 6.45) is 12.8. The first-order valence-electron chi connectivity index (χ1n) is 18.5. The van der Waals surface area contributed by atoms with E-state index in [1.165, 1.54) is 18.6 Å². The number of allylic oxidation sites excluding steroid dienone is 3. The molecule has 5 aliphatic carbocycles. The highest BCUT2D eigenvalue weighted by molar-refractivity contribution is 5.96. The van der Waals surface area contributed by atoms with Gasteiger partial charge >= 0.3 is 5.97 Å². The van der Waals surface area contributed by atoms with E-state index in [2.05, 4.69) is 41.5 Å². The van der Waals surface area contributed by atoms with Crippen LogP contribution in [0.25, 0.3) is 6.08 Å². The van der Waals surface area contributed by atoms with E-state index in [4.69, 9.17) is 9.47 Å². The van der Waals surface area contributed by atoms with Crippen LogP contribution >= 0.6 is 0 Å². The third-order valence-electron chi connectivity index (χ3n) is 15.0. The summed E-state index contributed by atoms with van der Waals surface area (Å²) in [4.78, 5) is 40.8. The molecule has 1 aromatic rings. The highest BCUT2D eigenvalue weighted by Crippen LogP contribution is 2.75. The van der Waals surface area contributed by atoms with E-state index < -0.39 is 5.41 Å². The molecule has 0 saturated heterocycles. The molecule has 262 valence electrons. The molecular weight excluding hydrogens is 600 g/mol. The Hall–Kier alpha value is -2.73. The maximum absolute atomic E-state index is 14.7. The third kappa shape index (κ3) is 5.09. The van der Waals surface area contributed by atoms with Crippen LogP contribution in [0.5, 0.6) is 11.5 Å². The molecule has 6 rings (SSSR count). The smallest absolute Gasteiger partial charge is 0.317 e. The fourth-order valence-corrected chi connectivity index (χ4v) is 11.8. The van der Waals surface area contributed by atoms with Crippen molar-refractivity contribution < 1.29 is 29.0 Å². The van der Waals surface area contributed by atoms with Crippen LogP contribution < -0.4 is 9.47 Å². The summed E-state index contributed by atoms with van der Waals surface area (Å²) in [7, 11) is 0. The minimum absolute atomic E-state index is 0.00523. The van der Waals surface area contributed by atoms with Crippen molar-refractivity contribution in [2.45, 2.75) is 126 Å². The molecule has 4 fully saturated rings. The van der Waals surface area contributed by atoms with Gasteiger partial charge in [-0.2, -0.15) is 0 Å². The predicted octanol–water partition coefficient (Wildman–Crippen LogP) is 8.93. The van der Waals surface area contributed by atoms with E-state index in [9.17, 15) is 19.5 Å². The fourth-order valence-electron chi connectivity index (χ4n) is 11.8. The Labute approximate surface area is 288 Å². The zero-order chi connectivity index (χ0) is 35.1. The molecule has 0 bridgehead atoms. The number of aliphatic hydroxyl groups is 1. The monoisotopic (exact) mass is 658 g/mol. The molecule has 1 N–H and O–H groups in total. The van der Waals surface area contributed by atoms with Crippen LogP contribution in [0.2, 0.25) is 0 Å². The van der Waals surface area contributed by atoms with E-state index in [1.807, 2.05) is 32.1 Å². The Kier molecular flexibility index (Phi) is 8.54. The van der Waals surface area contributed by atoms with Crippen LogP contribution in [0.1, 0.15) is 126 Å². The quantitative estimate of drug-likeness (QED) is 0.187. The molecule has 0 unspecified atom stereocenters. The number of ketones is 2. The number of fused-ring (bicyclic) bond motifs is 7. The van der Waals surface area contributed by atoms with Crippen LogP contribution in [0.4, 0.5) is 0 Å². The predicted molar refractivity (Wildman–Crippen MR) is 188 cm³/mol. The number of hydrogen-bond acceptors (Lipinski definition) is 6. The minimum atomic E-state index is -0.752. The number of rotatable bonds is 6. The van der Waals surface area contributed by atoms with Crippen LogP contribution in [-0.4, -0.2) is 35.4 Å². The van der Waals surface area contributed by atoms with Crippen molar-refractivity contribution in [3.05, 3.63) is 41.5 Å². The zero-order valence-electron chi connectivity index (χ0n) is 30.8. The molecule has 0 amide bonds. The molecule has 6 nitrogen and oxygen atoms in total. The van der Waals surface area contributed by atoms with E-state index in [-0.39, 0.29) is 62.6 Å². The lowest BCUT2D eigenvalue weighted by atomic mass is 9.33. The van der Waals surface area contributed by atoms with E-state index >= 15 is 0 Å². The Morgan fingerprint density at radius 1 is 0.958 bits per heavy atom. The fraction of sp³-hybridized carbons (Fsp3) is 0.690. The van der Waals surface area contributed by atoms with Crippen molar-refractivity contribution in [3.63, 3.8) is 0 Å². The van der Waals surface area contributed by atoms with Gasteiger partial charge in [-0.25, -0.2) is 0 Å². The first kappa shape index (κ1) is 35.1. The molecule has 1 aromatic carbocycles. The SMILES string of the molecule is CCOc1cccc(/C=C/C(C)=O)c1OC(=O)[C@@]1(C)CC[C@]2(C)CC[C@]3(C)C(=CC(=O)[C@@H]4[C@@]5(C)CC[C@H](O)C(C)(C)[C@@H]5CC[C@]43C)[C@@H]2C1. The van der Waals surface area contributed by atoms with Crippen LogP contribution in [-0.2, 0) is 14.4 Å². The van der Waals surface area contributed by atoms with Crippen molar-refractivity contribution in [2.24, 2.45) is 50.2 Å². The number of carbonyl (C=O) groups excluding carboxylic acids is 3. The van der Waals surface area contributed by atoms with Crippen LogP contribution in [0, 0.1) is 50.2 Å². The highest BCUT2D eigenvalue weighted by atomic mass is 16.6. The molecule has 48 heavy (non-hydrogen) atoms. The summed E-state index contributed by atoms with van der Waals surface area (Å²) >= 11 is 0. The summed E-state index contributed by atoms with van der Waals surface area (Å²) in [5.41, 5.74) is 0.408. The second-order valence-electron chi connectivity index (χ2n) is 18.1. The maximum atomic E-state index is 14.7. The largest absolute Gasteiger partial charge is 0.490 e. The van der Waals surface area contributed by atoms with Crippen molar-refractivity contribution in [1.29, 1.82) is 0 Å². The van der Waals surface area contributed by atoms with Gasteiger partial charge in [0.05, 0.1) is 18.1 Å². The standard InChI is InChI=1S/C42H58O6/c1-10-47-31-13-11-12-27(15-14-26(2)43)34(31)48-36(46)39(6)21-20-38(5)22-23-41(8)28(29(38)25-39)24-30(44)35-40(7)18-17-33(45)37(3,4)32(40)16-19-42(35,41)9/h11-15,24,29,32-33,35,45H,10,16-23,25H2,1-9H3/b15-14+/t29-,32-,33-,35+,38+,39-,40-,41+,42+/m0/s1. The molecule has 0 spiro atoms. The first-order chi connectivity index (χ1) is 22.4. The average molecular weight is 659 g/mol. The Bertz CT molecular complexity index is 1570. The Balaban J connectivity index is 1.35. The van der Waals surface area contributed by atoms with Gasteiger partial charge in [0.15, 0.2) is 23.1 Å². The normalized spacial score (nSPS) is 41.7. The number of para-hydroxylation sites is 1. The Morgan fingerprint density at radius 2 is 1.67 bits per heavy atom. The molecular formula is C42H58O6. The van der Waals surface area contributed by atoms with Gasteiger partial charge in [-0.3, -0.25) is 14.4 Å². The molecule has 5 aliphatic rings. The lowest BCUT2D eigenvalue weighted by Crippen LogP contribution is -2.66. The number of aliphatic hydroxyl groups excluding tert-OH is 1. The second kappa shape index (κ2) is 11.7. The van der Waals surface area contributed by atoms with Gasteiger partial charge in [0, 0.05) is 11.5 Å². The molecule has 6 heteroatoms. The van der Waals surface area contributed by atoms with Gasteiger partial charge in [0.2, 0.25) is 0 Å². The zero-order valence-corrected chi connectivity index (χ0v) is 30.8. The van der Waals surface area contributed by atoms with Gasteiger partial charge in [-0.05, 0) is 142 Å². The molecule has 0 aliphatic heterocycles. The van der Waals surface area contributed by atoms with E-state index in [1.54, 1.807) is 12.1 Å². The number of hydrogen-bond donors (Lipinski definition) is 1. The van der Waals surface area contributed by atoms with Gasteiger partial charge in [-0.1, -0.05) is 59.2 Å². The molecule has 0 heterocycles. The van der Waals surface area contributed by atoms with Gasteiger partial charge in [-0.15, -0.1) is 0 Å². The van der Waals surface area contributed by atoms with Crippen molar-refractivity contribution in [3.8, 4) is 11.5 Å². The molecule has 0 radical (unpaired) electrons. The highest BCUT2D eigenvalue weighted by Gasteiger charge is 2.70. The van der Waals surface area contributed by atoms with E-state index in [0.29, 0.717) is 42.4 Å². The average Bonchev–Trinajstić information content (AvgIpc) is 3.01. The lowest BCUT2D eigenvalue weighted by molar-refractivity contribution is -0.202. The third-order valence-corrected chi connectivity index (χ3v) is 15.0. The summed E-state index contributed by atoms with van der Waals surface area (Å²) in [6, 6.07) is 5.46. The number of carbonyl (C=O) groups is 3. The van der Waals surface area contributed by atoms with Crippen LogP contribution in [0.15, 0.2) is 35.9 Å². The topological polar surface area (TPSA) is 89.9 Å². The lowest BCUT2D eigenvalue weighted by Gasteiger charge is -2.70. The molecule has 4 saturated carbocycles. The van der Waals surface area contributed by atoms with Crippen molar-refractivity contribution in [2.75, 3.05) is 6.61 Å². The van der Waals surface area contributed by atoms with Crippen molar-refractivity contribution in [1.82, 2.24) is 0 Å². The summed E-state index contributed by atoms with van der Waals surface area (Å²) in [5.74, 6) is 1.02.